The lowest BCUT2D eigenvalue weighted by molar-refractivity contribution is 0.552. The zero-order chi connectivity index (χ0) is 15.0. The van der Waals surface area contributed by atoms with Crippen molar-refractivity contribution in [2.24, 2.45) is 0 Å². The molecule has 4 nitrogen and oxygen atoms in total. The maximum Gasteiger partial charge on any atom is 0.417 e. The number of benzene rings is 2. The summed E-state index contributed by atoms with van der Waals surface area (Å²) < 4.78 is 19.9. The van der Waals surface area contributed by atoms with E-state index in [9.17, 15) is 9.18 Å². The summed E-state index contributed by atoms with van der Waals surface area (Å²) in [6, 6.07) is 9.76. The van der Waals surface area contributed by atoms with Crippen LogP contribution in [0.1, 0.15) is 17.2 Å². The van der Waals surface area contributed by atoms with Crippen LogP contribution >= 0.6 is 15.9 Å². The molecule has 2 N–H and O–H groups in total. The number of hydrogen-bond acceptors (Lipinski definition) is 3. The van der Waals surface area contributed by atoms with Gasteiger partial charge in [-0.3, -0.25) is 4.98 Å². The molecule has 2 aromatic carbocycles. The van der Waals surface area contributed by atoms with E-state index in [2.05, 4.69) is 26.2 Å². The summed E-state index contributed by atoms with van der Waals surface area (Å²) in [5, 5.41) is 3.08. The van der Waals surface area contributed by atoms with Crippen LogP contribution in [0, 0.1) is 5.82 Å². The average Bonchev–Trinajstić information content (AvgIpc) is 2.83. The van der Waals surface area contributed by atoms with Crippen LogP contribution in [0.3, 0.4) is 0 Å². The van der Waals surface area contributed by atoms with Crippen molar-refractivity contribution in [2.75, 3.05) is 7.05 Å². The number of aromatic amines is 1. The fourth-order valence-corrected chi connectivity index (χ4v) is 2.76. The summed E-state index contributed by atoms with van der Waals surface area (Å²) in [5.41, 5.74) is 2.40. The predicted molar refractivity (Wildman–Crippen MR) is 81.8 cm³/mol. The fraction of sp³-hybridized carbons (Fsp3) is 0.133. The number of fused-ring (bicyclic) bond motifs is 1. The third kappa shape index (κ3) is 2.64. The van der Waals surface area contributed by atoms with Gasteiger partial charge < -0.3 is 9.73 Å². The van der Waals surface area contributed by atoms with E-state index in [4.69, 9.17) is 4.42 Å². The normalized spacial score (nSPS) is 12.7. The molecule has 108 valence electrons. The Labute approximate surface area is 128 Å². The Morgan fingerprint density at radius 1 is 1.29 bits per heavy atom. The number of oxazole rings is 1. The van der Waals surface area contributed by atoms with Crippen LogP contribution in [0.2, 0.25) is 0 Å². The minimum atomic E-state index is -0.503. The van der Waals surface area contributed by atoms with E-state index >= 15 is 0 Å². The molecule has 0 aliphatic carbocycles. The quantitative estimate of drug-likeness (QED) is 0.761. The molecule has 6 heteroatoms. The summed E-state index contributed by atoms with van der Waals surface area (Å²) in [6.45, 7) is 0. The second-order valence-electron chi connectivity index (χ2n) is 4.66. The van der Waals surface area contributed by atoms with Gasteiger partial charge in [0.25, 0.3) is 0 Å². The Morgan fingerprint density at radius 2 is 2.10 bits per heavy atom. The van der Waals surface area contributed by atoms with E-state index in [1.807, 2.05) is 6.07 Å². The van der Waals surface area contributed by atoms with Gasteiger partial charge >= 0.3 is 5.76 Å². The van der Waals surface area contributed by atoms with Crippen molar-refractivity contribution in [3.63, 3.8) is 0 Å². The summed E-state index contributed by atoms with van der Waals surface area (Å²) in [7, 11) is 1.75. The summed E-state index contributed by atoms with van der Waals surface area (Å²) in [6.07, 6.45) is 0. The van der Waals surface area contributed by atoms with Gasteiger partial charge in [-0.25, -0.2) is 9.18 Å². The molecule has 0 bridgehead atoms. The highest BCUT2D eigenvalue weighted by atomic mass is 79.9. The fourth-order valence-electron chi connectivity index (χ4n) is 2.38. The Balaban J connectivity index is 2.12. The summed E-state index contributed by atoms with van der Waals surface area (Å²) in [4.78, 5) is 13.8. The van der Waals surface area contributed by atoms with Crippen molar-refractivity contribution >= 4 is 27.0 Å². The number of H-pyrrole nitrogens is 1. The summed E-state index contributed by atoms with van der Waals surface area (Å²) in [5.74, 6) is -0.801. The predicted octanol–water partition coefficient (Wildman–Crippen LogP) is 3.33. The van der Waals surface area contributed by atoms with Crippen molar-refractivity contribution in [3.8, 4) is 0 Å². The van der Waals surface area contributed by atoms with E-state index in [1.165, 1.54) is 6.07 Å². The van der Waals surface area contributed by atoms with E-state index in [-0.39, 0.29) is 11.9 Å². The van der Waals surface area contributed by atoms with E-state index < -0.39 is 5.76 Å². The molecule has 1 unspecified atom stereocenters. The highest BCUT2D eigenvalue weighted by Crippen LogP contribution is 2.28. The molecule has 0 saturated heterocycles. The third-order valence-corrected chi connectivity index (χ3v) is 3.83. The first-order valence-electron chi connectivity index (χ1n) is 6.33. The first-order chi connectivity index (χ1) is 10.1. The first kappa shape index (κ1) is 14.0. The summed E-state index contributed by atoms with van der Waals surface area (Å²) >= 11 is 3.35. The molecule has 0 aliphatic rings. The molecule has 1 heterocycles. The molecule has 3 aromatic rings. The minimum absolute atomic E-state index is 0.298. The minimum Gasteiger partial charge on any atom is -0.408 e. The van der Waals surface area contributed by atoms with Crippen molar-refractivity contribution in [2.45, 2.75) is 6.04 Å². The zero-order valence-electron chi connectivity index (χ0n) is 11.1. The first-order valence-corrected chi connectivity index (χ1v) is 7.13. The second-order valence-corrected chi connectivity index (χ2v) is 5.57. The van der Waals surface area contributed by atoms with Crippen molar-refractivity contribution < 1.29 is 8.81 Å². The van der Waals surface area contributed by atoms with Gasteiger partial charge in [0.15, 0.2) is 5.58 Å². The van der Waals surface area contributed by atoms with E-state index in [0.29, 0.717) is 16.7 Å². The highest BCUT2D eigenvalue weighted by molar-refractivity contribution is 9.10. The molecule has 0 fully saturated rings. The molecular weight excluding hydrogens is 339 g/mol. The van der Waals surface area contributed by atoms with Crippen LogP contribution in [-0.2, 0) is 0 Å². The number of rotatable bonds is 3. The lowest BCUT2D eigenvalue weighted by Gasteiger charge is -2.18. The molecule has 0 aliphatic heterocycles. The molecule has 21 heavy (non-hydrogen) atoms. The van der Waals surface area contributed by atoms with E-state index in [1.54, 1.807) is 31.3 Å². The van der Waals surface area contributed by atoms with Gasteiger partial charge in [0, 0.05) is 10.0 Å². The Kier molecular flexibility index (Phi) is 3.65. The maximum atomic E-state index is 14.1. The van der Waals surface area contributed by atoms with Crippen molar-refractivity contribution in [1.29, 1.82) is 0 Å². The standard InChI is InChI=1S/C15H12BrFN2O2/c1-18-14(10-7-9(16)3-4-11(10)17)8-2-5-12-13(6-8)21-15(20)19-12/h2-7,14,18H,1H3,(H,19,20). The molecule has 1 atom stereocenters. The number of halogens is 2. The van der Waals surface area contributed by atoms with Crippen LogP contribution in [0.25, 0.3) is 11.1 Å². The Bertz CT molecular complexity index is 856. The lowest BCUT2D eigenvalue weighted by atomic mass is 9.98. The SMILES string of the molecule is CNC(c1ccc2[nH]c(=O)oc2c1)c1cc(Br)ccc1F. The van der Waals surface area contributed by atoms with Crippen LogP contribution in [0.5, 0.6) is 0 Å². The molecule has 0 radical (unpaired) electrons. The second kappa shape index (κ2) is 5.46. The molecule has 1 aromatic heterocycles. The topological polar surface area (TPSA) is 58.0 Å². The molecule has 0 spiro atoms. The Morgan fingerprint density at radius 3 is 2.86 bits per heavy atom. The van der Waals surface area contributed by atoms with Crippen molar-refractivity contribution in [3.05, 3.63) is 68.4 Å². The van der Waals surface area contributed by atoms with Gasteiger partial charge in [0.1, 0.15) is 5.82 Å². The zero-order valence-corrected chi connectivity index (χ0v) is 12.7. The van der Waals surface area contributed by atoms with Gasteiger partial charge in [0.2, 0.25) is 0 Å². The van der Waals surface area contributed by atoms with Crippen LogP contribution in [-0.4, -0.2) is 12.0 Å². The molecule has 0 amide bonds. The van der Waals surface area contributed by atoms with Crippen LogP contribution < -0.4 is 11.1 Å². The smallest absolute Gasteiger partial charge is 0.408 e. The Hall–Kier alpha value is -1.92. The largest absolute Gasteiger partial charge is 0.417 e. The maximum absolute atomic E-state index is 14.1. The lowest BCUT2D eigenvalue weighted by Crippen LogP contribution is -2.19. The van der Waals surface area contributed by atoms with Crippen LogP contribution in [0.4, 0.5) is 4.39 Å². The van der Waals surface area contributed by atoms with Crippen LogP contribution in [0.15, 0.2) is 50.1 Å². The average molecular weight is 351 g/mol. The van der Waals surface area contributed by atoms with Gasteiger partial charge in [-0.05, 0) is 42.9 Å². The highest BCUT2D eigenvalue weighted by Gasteiger charge is 2.17. The van der Waals surface area contributed by atoms with E-state index in [0.717, 1.165) is 10.0 Å². The number of hydrogen-bond donors (Lipinski definition) is 2. The van der Waals surface area contributed by atoms with Crippen molar-refractivity contribution in [1.82, 2.24) is 10.3 Å². The monoisotopic (exact) mass is 350 g/mol. The van der Waals surface area contributed by atoms with Gasteiger partial charge in [-0.2, -0.15) is 0 Å². The van der Waals surface area contributed by atoms with Gasteiger partial charge in [0.05, 0.1) is 11.6 Å². The number of aromatic nitrogens is 1. The number of nitrogens with one attached hydrogen (secondary N) is 2. The van der Waals surface area contributed by atoms with Gasteiger partial charge in [-0.1, -0.05) is 22.0 Å². The molecular formula is C15H12BrFN2O2. The van der Waals surface area contributed by atoms with Gasteiger partial charge in [-0.15, -0.1) is 0 Å². The molecule has 0 saturated carbocycles. The third-order valence-electron chi connectivity index (χ3n) is 3.34. The molecule has 3 rings (SSSR count).